The highest BCUT2D eigenvalue weighted by Crippen LogP contribution is 2.22. The van der Waals surface area contributed by atoms with Crippen LogP contribution in [0.4, 0.5) is 5.69 Å². The molecule has 1 atom stereocenters. The van der Waals surface area contributed by atoms with Crippen molar-refractivity contribution >= 4 is 17.3 Å². The zero-order chi connectivity index (χ0) is 9.14. The van der Waals surface area contributed by atoms with E-state index < -0.39 is 6.04 Å². The molecule has 0 saturated heterocycles. The van der Waals surface area contributed by atoms with Crippen LogP contribution in [0.25, 0.3) is 0 Å². The first-order valence-corrected chi connectivity index (χ1v) is 3.94. The lowest BCUT2D eigenvalue weighted by atomic mass is 10.1. The lowest BCUT2D eigenvalue weighted by Gasteiger charge is -2.11. The van der Waals surface area contributed by atoms with Gasteiger partial charge in [-0.05, 0) is 17.7 Å². The molecule has 0 aliphatic rings. The van der Waals surface area contributed by atoms with Gasteiger partial charge in [0.15, 0.2) is 0 Å². The van der Waals surface area contributed by atoms with Gasteiger partial charge in [0.1, 0.15) is 0 Å². The number of nitrogens with two attached hydrogens (primary N) is 2. The first kappa shape index (κ1) is 9.32. The summed E-state index contributed by atoms with van der Waals surface area (Å²) >= 11 is 5.68. The summed E-state index contributed by atoms with van der Waals surface area (Å²) in [6.45, 7) is -0.119. The van der Waals surface area contributed by atoms with Gasteiger partial charge in [0.2, 0.25) is 0 Å². The molecule has 0 aromatic heterocycles. The molecule has 0 fully saturated rings. The fourth-order valence-electron chi connectivity index (χ4n) is 0.982. The van der Waals surface area contributed by atoms with Crippen LogP contribution in [0.15, 0.2) is 18.2 Å². The average Bonchev–Trinajstić information content (AvgIpc) is 2.03. The third-order valence-electron chi connectivity index (χ3n) is 1.65. The van der Waals surface area contributed by atoms with E-state index >= 15 is 0 Å². The number of aliphatic hydroxyl groups is 1. The number of benzene rings is 1. The van der Waals surface area contributed by atoms with E-state index in [2.05, 4.69) is 0 Å². The summed E-state index contributed by atoms with van der Waals surface area (Å²) in [5, 5.41) is 9.34. The second kappa shape index (κ2) is 3.76. The molecular weight excluding hydrogens is 176 g/mol. The summed E-state index contributed by atoms with van der Waals surface area (Å²) < 4.78 is 0. The van der Waals surface area contributed by atoms with Crippen LogP contribution in [0.3, 0.4) is 0 Å². The molecule has 3 nitrogen and oxygen atoms in total. The Morgan fingerprint density at radius 2 is 2.17 bits per heavy atom. The minimum Gasteiger partial charge on any atom is -0.398 e. The van der Waals surface area contributed by atoms with E-state index in [1.165, 1.54) is 0 Å². The van der Waals surface area contributed by atoms with Crippen LogP contribution in [0.1, 0.15) is 11.6 Å². The van der Waals surface area contributed by atoms with Gasteiger partial charge >= 0.3 is 0 Å². The molecule has 0 radical (unpaired) electrons. The summed E-state index contributed by atoms with van der Waals surface area (Å²) in [6, 6.07) is 4.61. The Labute approximate surface area is 75.9 Å². The highest BCUT2D eigenvalue weighted by atomic mass is 35.5. The standard InChI is InChI=1S/C8H11ClN2O/c9-5-1-2-6(7(10)3-5)8(11)4-12/h1-3,8,12H,4,10-11H2/t8-/m0/s1. The van der Waals surface area contributed by atoms with E-state index in [0.29, 0.717) is 10.7 Å². The Hall–Kier alpha value is -0.770. The Balaban J connectivity index is 3.01. The molecule has 0 saturated carbocycles. The molecule has 0 bridgehead atoms. The Bertz CT molecular complexity index is 278. The number of halogens is 1. The molecule has 5 N–H and O–H groups in total. The van der Waals surface area contributed by atoms with Crippen LogP contribution in [-0.4, -0.2) is 11.7 Å². The van der Waals surface area contributed by atoms with Crippen molar-refractivity contribution in [3.05, 3.63) is 28.8 Å². The Kier molecular flexibility index (Phi) is 2.92. The third-order valence-corrected chi connectivity index (χ3v) is 1.88. The van der Waals surface area contributed by atoms with Gasteiger partial charge < -0.3 is 16.6 Å². The maximum Gasteiger partial charge on any atom is 0.0625 e. The van der Waals surface area contributed by atoms with E-state index in [9.17, 15) is 0 Å². The minimum atomic E-state index is -0.428. The SMILES string of the molecule is Nc1cc(Cl)ccc1[C@@H](N)CO. The molecule has 0 unspecified atom stereocenters. The molecule has 0 aliphatic carbocycles. The lowest BCUT2D eigenvalue weighted by Crippen LogP contribution is -2.16. The lowest BCUT2D eigenvalue weighted by molar-refractivity contribution is 0.268. The molecule has 1 aromatic rings. The van der Waals surface area contributed by atoms with Gasteiger partial charge in [-0.2, -0.15) is 0 Å². The molecule has 0 spiro atoms. The summed E-state index contributed by atoms with van der Waals surface area (Å²) in [4.78, 5) is 0. The van der Waals surface area contributed by atoms with Gasteiger partial charge in [-0.25, -0.2) is 0 Å². The smallest absolute Gasteiger partial charge is 0.0625 e. The third kappa shape index (κ3) is 1.88. The fourth-order valence-corrected chi connectivity index (χ4v) is 1.16. The second-order valence-corrected chi connectivity index (χ2v) is 3.00. The summed E-state index contributed by atoms with van der Waals surface area (Å²) in [5.74, 6) is 0. The molecule has 0 heterocycles. The number of hydrogen-bond donors (Lipinski definition) is 3. The van der Waals surface area contributed by atoms with Crippen LogP contribution >= 0.6 is 11.6 Å². The van der Waals surface area contributed by atoms with Gasteiger partial charge in [0.25, 0.3) is 0 Å². The fraction of sp³-hybridized carbons (Fsp3) is 0.250. The van der Waals surface area contributed by atoms with Crippen LogP contribution in [0.5, 0.6) is 0 Å². The maximum atomic E-state index is 8.77. The van der Waals surface area contributed by atoms with Gasteiger partial charge in [-0.1, -0.05) is 17.7 Å². The molecule has 66 valence electrons. The van der Waals surface area contributed by atoms with E-state index in [-0.39, 0.29) is 6.61 Å². The van der Waals surface area contributed by atoms with Crippen molar-refractivity contribution in [2.45, 2.75) is 6.04 Å². The number of aliphatic hydroxyl groups excluding tert-OH is 1. The van der Waals surface area contributed by atoms with E-state index in [4.69, 9.17) is 28.2 Å². The molecule has 0 amide bonds. The van der Waals surface area contributed by atoms with Crippen molar-refractivity contribution in [2.24, 2.45) is 5.73 Å². The molecule has 1 aromatic carbocycles. The van der Waals surface area contributed by atoms with Crippen molar-refractivity contribution in [3.63, 3.8) is 0 Å². The van der Waals surface area contributed by atoms with Gasteiger partial charge in [-0.3, -0.25) is 0 Å². The monoisotopic (exact) mass is 186 g/mol. The van der Waals surface area contributed by atoms with Gasteiger partial charge in [0, 0.05) is 10.7 Å². The summed E-state index contributed by atoms with van der Waals surface area (Å²) in [5.41, 5.74) is 12.4. The van der Waals surface area contributed by atoms with Crippen LogP contribution in [0.2, 0.25) is 5.02 Å². The first-order valence-electron chi connectivity index (χ1n) is 3.56. The Morgan fingerprint density at radius 3 is 2.67 bits per heavy atom. The van der Waals surface area contributed by atoms with Crippen molar-refractivity contribution in [3.8, 4) is 0 Å². The molecule has 0 aliphatic heterocycles. The topological polar surface area (TPSA) is 72.3 Å². The van der Waals surface area contributed by atoms with Gasteiger partial charge in [0.05, 0.1) is 12.6 Å². The van der Waals surface area contributed by atoms with Crippen LogP contribution in [-0.2, 0) is 0 Å². The summed E-state index contributed by atoms with van der Waals surface area (Å²) in [7, 11) is 0. The van der Waals surface area contributed by atoms with Crippen molar-refractivity contribution in [1.29, 1.82) is 0 Å². The van der Waals surface area contributed by atoms with E-state index in [0.717, 1.165) is 5.56 Å². The summed E-state index contributed by atoms with van der Waals surface area (Å²) in [6.07, 6.45) is 0. The predicted molar refractivity (Wildman–Crippen MR) is 49.9 cm³/mol. The quantitative estimate of drug-likeness (QED) is 0.602. The molecular formula is C8H11ClN2O. The average molecular weight is 187 g/mol. The first-order chi connectivity index (χ1) is 5.65. The van der Waals surface area contributed by atoms with Crippen molar-refractivity contribution < 1.29 is 5.11 Å². The van der Waals surface area contributed by atoms with Crippen molar-refractivity contribution in [1.82, 2.24) is 0 Å². The number of nitrogen functional groups attached to an aromatic ring is 1. The van der Waals surface area contributed by atoms with Crippen LogP contribution < -0.4 is 11.5 Å². The van der Waals surface area contributed by atoms with Crippen molar-refractivity contribution in [2.75, 3.05) is 12.3 Å². The highest BCUT2D eigenvalue weighted by Gasteiger charge is 2.07. The van der Waals surface area contributed by atoms with Crippen LogP contribution in [0, 0.1) is 0 Å². The van der Waals surface area contributed by atoms with Gasteiger partial charge in [-0.15, -0.1) is 0 Å². The zero-order valence-electron chi connectivity index (χ0n) is 6.50. The number of hydrogen-bond acceptors (Lipinski definition) is 3. The predicted octanol–water partition coefficient (Wildman–Crippen LogP) is 0.914. The van der Waals surface area contributed by atoms with E-state index in [1.807, 2.05) is 0 Å². The Morgan fingerprint density at radius 1 is 1.50 bits per heavy atom. The largest absolute Gasteiger partial charge is 0.398 e. The second-order valence-electron chi connectivity index (χ2n) is 2.56. The molecule has 4 heteroatoms. The molecule has 1 rings (SSSR count). The number of anilines is 1. The molecule has 12 heavy (non-hydrogen) atoms. The maximum absolute atomic E-state index is 8.77. The minimum absolute atomic E-state index is 0.119. The number of rotatable bonds is 2. The zero-order valence-corrected chi connectivity index (χ0v) is 7.25. The normalized spacial score (nSPS) is 12.9. The van der Waals surface area contributed by atoms with E-state index in [1.54, 1.807) is 18.2 Å². The highest BCUT2D eigenvalue weighted by molar-refractivity contribution is 6.30.